The molecule has 0 aliphatic carbocycles. The molecule has 0 aromatic heterocycles. The molecule has 0 aliphatic heterocycles. The van der Waals surface area contributed by atoms with Crippen LogP contribution in [0.4, 0.5) is 0 Å². The second-order valence-electron chi connectivity index (χ2n) is 2.18. The minimum atomic E-state index is -0.478. The SMILES string of the molecule is C[Si](C)O[Si]=CCC[Si]=CCl. The summed E-state index contributed by atoms with van der Waals surface area (Å²) < 4.78 is 5.46. The molecule has 0 amide bonds. The molecular weight excluding hydrogens is 208 g/mol. The monoisotopic (exact) mass is 219 g/mol. The number of hydrogen-bond donors (Lipinski definition) is 0. The van der Waals surface area contributed by atoms with E-state index in [0.717, 1.165) is 15.6 Å². The Labute approximate surface area is 79.8 Å². The van der Waals surface area contributed by atoms with Gasteiger partial charge in [-0.25, -0.2) is 0 Å². The fourth-order valence-corrected chi connectivity index (χ4v) is 3.00. The first-order valence-corrected chi connectivity index (χ1v) is 8.58. The summed E-state index contributed by atoms with van der Waals surface area (Å²) in [6.07, 6.45) is 1.13. The van der Waals surface area contributed by atoms with Gasteiger partial charge in [0.1, 0.15) is 0 Å². The standard InChI is InChI=1S/C6H12ClOSi3/c1-11(2)8-10-5-3-4-9-6-7/h5-6H,3-4H2,1-2H3. The molecule has 11 heavy (non-hydrogen) atoms. The van der Waals surface area contributed by atoms with Crippen molar-refractivity contribution in [2.24, 2.45) is 0 Å². The molecule has 0 atom stereocenters. The zero-order valence-electron chi connectivity index (χ0n) is 6.86. The van der Waals surface area contributed by atoms with Crippen molar-refractivity contribution < 1.29 is 4.12 Å². The van der Waals surface area contributed by atoms with E-state index in [2.05, 4.69) is 18.8 Å². The van der Waals surface area contributed by atoms with Crippen molar-refractivity contribution in [1.29, 1.82) is 0 Å². The van der Waals surface area contributed by atoms with Gasteiger partial charge in [0.15, 0.2) is 0 Å². The van der Waals surface area contributed by atoms with Gasteiger partial charge in [0.05, 0.1) is 0 Å². The van der Waals surface area contributed by atoms with Crippen LogP contribution < -0.4 is 0 Å². The zero-order valence-corrected chi connectivity index (χ0v) is 10.6. The minimum absolute atomic E-state index is 0.478. The molecule has 0 heterocycles. The average Bonchev–Trinajstić information content (AvgIpc) is 1.96. The Balaban J connectivity index is 3.16. The average molecular weight is 220 g/mol. The van der Waals surface area contributed by atoms with Crippen LogP contribution in [0.1, 0.15) is 6.42 Å². The van der Waals surface area contributed by atoms with Crippen LogP contribution in [-0.2, 0) is 4.12 Å². The lowest BCUT2D eigenvalue weighted by Gasteiger charge is -1.98. The van der Waals surface area contributed by atoms with Crippen molar-refractivity contribution in [3.63, 3.8) is 0 Å². The Bertz CT molecular complexity index is 136. The lowest BCUT2D eigenvalue weighted by atomic mass is 10.6. The Morgan fingerprint density at radius 3 is 2.82 bits per heavy atom. The molecule has 61 valence electrons. The van der Waals surface area contributed by atoms with Gasteiger partial charge in [0, 0.05) is 9.13 Å². The highest BCUT2D eigenvalue weighted by Gasteiger charge is 1.90. The third-order valence-electron chi connectivity index (χ3n) is 0.857. The summed E-state index contributed by atoms with van der Waals surface area (Å²) in [6, 6.07) is 1.18. The van der Waals surface area contributed by atoms with Gasteiger partial charge in [0.25, 0.3) is 18.4 Å². The number of halogens is 1. The summed E-state index contributed by atoms with van der Waals surface area (Å²) in [7, 11) is 0.901. The van der Waals surface area contributed by atoms with E-state index in [-0.39, 0.29) is 0 Å². The van der Waals surface area contributed by atoms with Crippen LogP contribution in [0.25, 0.3) is 0 Å². The van der Waals surface area contributed by atoms with Crippen molar-refractivity contribution in [2.75, 3.05) is 0 Å². The van der Waals surface area contributed by atoms with E-state index in [4.69, 9.17) is 15.7 Å². The van der Waals surface area contributed by atoms with E-state index in [1.54, 1.807) is 5.13 Å². The lowest BCUT2D eigenvalue weighted by molar-refractivity contribution is 0.643. The second-order valence-corrected chi connectivity index (χ2v) is 7.24. The molecule has 1 nitrogen and oxygen atoms in total. The number of hydrogen-bond acceptors (Lipinski definition) is 1. The molecule has 0 rings (SSSR count). The van der Waals surface area contributed by atoms with Gasteiger partial charge >= 0.3 is 0 Å². The van der Waals surface area contributed by atoms with Gasteiger partial charge in [-0.15, -0.1) is 0 Å². The summed E-state index contributed by atoms with van der Waals surface area (Å²) in [5.41, 5.74) is 2.21. The summed E-state index contributed by atoms with van der Waals surface area (Å²) >= 11 is 5.41. The summed E-state index contributed by atoms with van der Waals surface area (Å²) in [4.78, 5) is 0. The highest BCUT2D eigenvalue weighted by Crippen LogP contribution is 1.80. The fourth-order valence-electron chi connectivity index (χ4n) is 0.428. The molecule has 0 saturated carbocycles. The van der Waals surface area contributed by atoms with Crippen molar-refractivity contribution >= 4 is 50.0 Å². The predicted octanol–water partition coefficient (Wildman–Crippen LogP) is 1.19. The quantitative estimate of drug-likeness (QED) is 0.499. The Hall–Kier alpha value is 0.481. The second kappa shape index (κ2) is 8.58. The van der Waals surface area contributed by atoms with E-state index in [0.29, 0.717) is 9.38 Å². The lowest BCUT2D eigenvalue weighted by Crippen LogP contribution is -2.07. The molecule has 0 N–H and O–H groups in total. The van der Waals surface area contributed by atoms with E-state index in [1.807, 2.05) is 0 Å². The van der Waals surface area contributed by atoms with Crippen molar-refractivity contribution in [3.05, 3.63) is 0 Å². The largest absolute Gasteiger partial charge is 0.603 e. The molecule has 0 saturated heterocycles. The molecule has 5 heteroatoms. The Kier molecular flexibility index (Phi) is 8.95. The van der Waals surface area contributed by atoms with Gasteiger partial charge < -0.3 is 4.12 Å². The highest BCUT2D eigenvalue weighted by molar-refractivity contribution is 6.77. The molecule has 0 aliphatic rings. The molecule has 0 unspecified atom stereocenters. The van der Waals surface area contributed by atoms with E-state index in [9.17, 15) is 0 Å². The molecular formula is C6H12ClOSi3. The van der Waals surface area contributed by atoms with Gasteiger partial charge in [-0.05, 0) is 30.7 Å². The third kappa shape index (κ3) is 10.5. The Morgan fingerprint density at radius 2 is 2.27 bits per heavy atom. The van der Waals surface area contributed by atoms with Crippen LogP contribution in [0.2, 0.25) is 19.1 Å². The molecule has 0 aromatic carbocycles. The first-order valence-electron chi connectivity index (χ1n) is 3.47. The van der Waals surface area contributed by atoms with Crippen LogP contribution in [0.15, 0.2) is 0 Å². The fraction of sp³-hybridized carbons (Fsp3) is 0.667. The predicted molar refractivity (Wildman–Crippen MR) is 57.5 cm³/mol. The maximum absolute atomic E-state index is 5.46. The van der Waals surface area contributed by atoms with Gasteiger partial charge in [0.2, 0.25) is 0 Å². The van der Waals surface area contributed by atoms with Crippen LogP contribution in [0.3, 0.4) is 0 Å². The summed E-state index contributed by atoms with van der Waals surface area (Å²) in [5.74, 6) is 0. The number of rotatable bonds is 5. The molecule has 0 fully saturated rings. The first-order chi connectivity index (χ1) is 5.27. The van der Waals surface area contributed by atoms with Gasteiger partial charge in [-0.2, -0.15) is 0 Å². The molecule has 0 bridgehead atoms. The third-order valence-corrected chi connectivity index (χ3v) is 4.61. The first kappa shape index (κ1) is 11.5. The summed E-state index contributed by atoms with van der Waals surface area (Å²) in [5, 5.41) is 1.71. The maximum Gasteiger partial charge on any atom is 0.261 e. The van der Waals surface area contributed by atoms with E-state index in [1.165, 1.54) is 6.04 Å². The molecule has 0 spiro atoms. The maximum atomic E-state index is 5.46. The van der Waals surface area contributed by atoms with Gasteiger partial charge in [-0.3, -0.25) is 0 Å². The van der Waals surface area contributed by atoms with Crippen LogP contribution in [-0.4, -0.2) is 38.4 Å². The smallest absolute Gasteiger partial charge is 0.261 e. The van der Waals surface area contributed by atoms with E-state index >= 15 is 0 Å². The van der Waals surface area contributed by atoms with Crippen LogP contribution in [0.5, 0.6) is 0 Å². The zero-order chi connectivity index (χ0) is 8.53. The normalized spacial score (nSPS) is 12.0. The van der Waals surface area contributed by atoms with Crippen molar-refractivity contribution in [3.8, 4) is 0 Å². The van der Waals surface area contributed by atoms with Gasteiger partial charge in [-0.1, -0.05) is 17.3 Å². The molecule has 3 radical (unpaired) electrons. The topological polar surface area (TPSA) is 9.23 Å². The summed E-state index contributed by atoms with van der Waals surface area (Å²) in [6.45, 7) is 4.31. The van der Waals surface area contributed by atoms with Crippen molar-refractivity contribution in [1.82, 2.24) is 0 Å². The van der Waals surface area contributed by atoms with Crippen LogP contribution in [0, 0.1) is 0 Å². The van der Waals surface area contributed by atoms with Crippen LogP contribution >= 0.6 is 11.6 Å². The Morgan fingerprint density at radius 1 is 1.55 bits per heavy atom. The molecule has 0 aromatic rings. The highest BCUT2D eigenvalue weighted by atomic mass is 35.5. The van der Waals surface area contributed by atoms with E-state index < -0.39 is 9.04 Å². The minimum Gasteiger partial charge on any atom is -0.603 e. The van der Waals surface area contributed by atoms with Crippen molar-refractivity contribution in [2.45, 2.75) is 25.6 Å².